The van der Waals surface area contributed by atoms with Gasteiger partial charge in [0, 0.05) is 12.6 Å². The number of hydrogen-bond donors (Lipinski definition) is 2. The Morgan fingerprint density at radius 3 is 2.90 bits per heavy atom. The molecule has 20 heavy (non-hydrogen) atoms. The molecule has 0 bridgehead atoms. The van der Waals surface area contributed by atoms with Gasteiger partial charge >= 0.3 is 0 Å². The first-order valence-electron chi connectivity index (χ1n) is 6.80. The van der Waals surface area contributed by atoms with Crippen LogP contribution in [0.2, 0.25) is 0 Å². The van der Waals surface area contributed by atoms with Gasteiger partial charge in [0.1, 0.15) is 13.2 Å². The van der Waals surface area contributed by atoms with E-state index in [2.05, 4.69) is 26.6 Å². The molecular weight excluding hydrogens is 324 g/mol. The Kier molecular flexibility index (Phi) is 4.12. The number of nitrogens with one attached hydrogen (secondary N) is 2. The van der Waals surface area contributed by atoms with Crippen LogP contribution in [0.25, 0.3) is 0 Å². The van der Waals surface area contributed by atoms with E-state index in [9.17, 15) is 4.79 Å². The first kappa shape index (κ1) is 13.7. The van der Waals surface area contributed by atoms with Crippen molar-refractivity contribution >= 4 is 21.8 Å². The molecular formula is C14H17BrN2O3. The van der Waals surface area contributed by atoms with Crippen molar-refractivity contribution in [1.82, 2.24) is 10.6 Å². The second-order valence-electron chi connectivity index (χ2n) is 5.05. The van der Waals surface area contributed by atoms with Gasteiger partial charge in [0.2, 0.25) is 5.91 Å². The number of benzene rings is 1. The molecule has 2 aliphatic rings. The highest BCUT2D eigenvalue weighted by molar-refractivity contribution is 9.10. The van der Waals surface area contributed by atoms with Crippen molar-refractivity contribution < 1.29 is 14.3 Å². The van der Waals surface area contributed by atoms with E-state index in [1.165, 1.54) is 0 Å². The maximum atomic E-state index is 11.6. The Balaban J connectivity index is 1.54. The Labute approximate surface area is 126 Å². The predicted molar refractivity (Wildman–Crippen MR) is 78.0 cm³/mol. The summed E-state index contributed by atoms with van der Waals surface area (Å²) in [5.41, 5.74) is 1.06. The topological polar surface area (TPSA) is 59.6 Å². The van der Waals surface area contributed by atoms with Crippen molar-refractivity contribution in [2.75, 3.05) is 19.8 Å². The summed E-state index contributed by atoms with van der Waals surface area (Å²) in [6, 6.07) is 4.34. The van der Waals surface area contributed by atoms with E-state index in [4.69, 9.17) is 9.47 Å². The summed E-state index contributed by atoms with van der Waals surface area (Å²) in [6.45, 7) is 2.10. The van der Waals surface area contributed by atoms with Crippen molar-refractivity contribution in [3.63, 3.8) is 0 Å². The van der Waals surface area contributed by atoms with Crippen molar-refractivity contribution in [3.05, 3.63) is 22.2 Å². The molecule has 0 spiro atoms. The molecule has 1 fully saturated rings. The van der Waals surface area contributed by atoms with E-state index in [-0.39, 0.29) is 5.91 Å². The van der Waals surface area contributed by atoms with E-state index < -0.39 is 0 Å². The molecule has 0 saturated heterocycles. The number of rotatable bonds is 5. The molecule has 5 nitrogen and oxygen atoms in total. The van der Waals surface area contributed by atoms with Crippen LogP contribution in [-0.4, -0.2) is 31.7 Å². The van der Waals surface area contributed by atoms with E-state index in [0.29, 0.717) is 32.3 Å². The van der Waals surface area contributed by atoms with Crippen LogP contribution in [0.15, 0.2) is 16.6 Å². The van der Waals surface area contributed by atoms with Gasteiger partial charge in [-0.3, -0.25) is 4.79 Å². The standard InChI is InChI=1S/C14H17BrN2O3/c15-11-5-9(6-12-14(11)20-4-3-19-12)7-16-8-13(18)17-10-1-2-10/h5-6,10,16H,1-4,7-8H2,(H,17,18). The summed E-state index contributed by atoms with van der Waals surface area (Å²) in [4.78, 5) is 11.6. The van der Waals surface area contributed by atoms with Gasteiger partial charge in [-0.05, 0) is 46.5 Å². The molecule has 1 aliphatic carbocycles. The number of halogens is 1. The van der Waals surface area contributed by atoms with Gasteiger partial charge in [0.05, 0.1) is 11.0 Å². The van der Waals surface area contributed by atoms with Gasteiger partial charge < -0.3 is 20.1 Å². The number of carbonyl (C=O) groups is 1. The van der Waals surface area contributed by atoms with Crippen molar-refractivity contribution in [1.29, 1.82) is 0 Å². The van der Waals surface area contributed by atoms with Crippen LogP contribution in [0.1, 0.15) is 18.4 Å². The third-order valence-corrected chi connectivity index (χ3v) is 3.80. The molecule has 1 saturated carbocycles. The van der Waals surface area contributed by atoms with Crippen molar-refractivity contribution in [2.45, 2.75) is 25.4 Å². The minimum Gasteiger partial charge on any atom is -0.486 e. The summed E-state index contributed by atoms with van der Waals surface area (Å²) in [5.74, 6) is 1.57. The predicted octanol–water partition coefficient (Wildman–Crippen LogP) is 1.59. The molecule has 0 radical (unpaired) electrons. The quantitative estimate of drug-likeness (QED) is 0.854. The lowest BCUT2D eigenvalue weighted by atomic mass is 10.2. The van der Waals surface area contributed by atoms with Gasteiger partial charge in [-0.25, -0.2) is 0 Å². The molecule has 0 aromatic heterocycles. The summed E-state index contributed by atoms with van der Waals surface area (Å²) in [6.07, 6.45) is 2.22. The van der Waals surface area contributed by atoms with Crippen LogP contribution in [0, 0.1) is 0 Å². The number of amides is 1. The van der Waals surface area contributed by atoms with Crippen molar-refractivity contribution in [2.24, 2.45) is 0 Å². The SMILES string of the molecule is O=C(CNCc1cc(Br)c2c(c1)OCCO2)NC1CC1. The molecule has 1 heterocycles. The maximum absolute atomic E-state index is 11.6. The molecule has 1 aromatic carbocycles. The average molecular weight is 341 g/mol. The van der Waals surface area contributed by atoms with Crippen LogP contribution in [0.3, 0.4) is 0 Å². The first-order valence-corrected chi connectivity index (χ1v) is 7.60. The smallest absolute Gasteiger partial charge is 0.234 e. The van der Waals surface area contributed by atoms with Gasteiger partial charge in [-0.15, -0.1) is 0 Å². The Hall–Kier alpha value is -1.27. The summed E-state index contributed by atoms with van der Waals surface area (Å²) in [7, 11) is 0. The Morgan fingerprint density at radius 1 is 1.30 bits per heavy atom. The average Bonchev–Trinajstić information content (AvgIpc) is 3.23. The second-order valence-corrected chi connectivity index (χ2v) is 5.90. The van der Waals surface area contributed by atoms with Crippen LogP contribution in [0.4, 0.5) is 0 Å². The zero-order valence-electron chi connectivity index (χ0n) is 11.1. The van der Waals surface area contributed by atoms with Gasteiger partial charge in [0.15, 0.2) is 11.5 Å². The number of fused-ring (bicyclic) bond motifs is 1. The summed E-state index contributed by atoms with van der Waals surface area (Å²) < 4.78 is 12.0. The zero-order chi connectivity index (χ0) is 13.9. The molecule has 1 aliphatic heterocycles. The van der Waals surface area contributed by atoms with Crippen LogP contribution >= 0.6 is 15.9 Å². The minimum atomic E-state index is 0.0594. The third kappa shape index (κ3) is 3.43. The monoisotopic (exact) mass is 340 g/mol. The molecule has 3 rings (SSSR count). The lowest BCUT2D eigenvalue weighted by Crippen LogP contribution is -2.34. The largest absolute Gasteiger partial charge is 0.486 e. The van der Waals surface area contributed by atoms with Gasteiger partial charge in [0.25, 0.3) is 0 Å². The Morgan fingerprint density at radius 2 is 2.10 bits per heavy atom. The third-order valence-electron chi connectivity index (χ3n) is 3.21. The highest BCUT2D eigenvalue weighted by atomic mass is 79.9. The van der Waals surface area contributed by atoms with E-state index >= 15 is 0 Å². The molecule has 1 amide bonds. The van der Waals surface area contributed by atoms with E-state index in [0.717, 1.165) is 34.4 Å². The fraction of sp³-hybridized carbons (Fsp3) is 0.500. The van der Waals surface area contributed by atoms with Crippen LogP contribution in [0.5, 0.6) is 11.5 Å². The second kappa shape index (κ2) is 6.01. The Bertz CT molecular complexity index is 517. The molecule has 2 N–H and O–H groups in total. The van der Waals surface area contributed by atoms with E-state index in [1.54, 1.807) is 0 Å². The van der Waals surface area contributed by atoms with Crippen LogP contribution < -0.4 is 20.1 Å². The van der Waals surface area contributed by atoms with E-state index in [1.807, 2.05) is 12.1 Å². The zero-order valence-corrected chi connectivity index (χ0v) is 12.7. The normalized spacial score (nSPS) is 16.9. The lowest BCUT2D eigenvalue weighted by molar-refractivity contribution is -0.120. The minimum absolute atomic E-state index is 0.0594. The molecule has 6 heteroatoms. The summed E-state index contributed by atoms with van der Waals surface area (Å²) in [5, 5.41) is 6.09. The highest BCUT2D eigenvalue weighted by Gasteiger charge is 2.22. The summed E-state index contributed by atoms with van der Waals surface area (Å²) >= 11 is 3.48. The lowest BCUT2D eigenvalue weighted by Gasteiger charge is -2.20. The molecule has 0 atom stereocenters. The number of carbonyl (C=O) groups excluding carboxylic acids is 1. The fourth-order valence-corrected chi connectivity index (χ4v) is 2.70. The van der Waals surface area contributed by atoms with Crippen molar-refractivity contribution in [3.8, 4) is 11.5 Å². The maximum Gasteiger partial charge on any atom is 0.234 e. The number of ether oxygens (including phenoxy) is 2. The molecule has 0 unspecified atom stereocenters. The van der Waals surface area contributed by atoms with Crippen LogP contribution in [-0.2, 0) is 11.3 Å². The number of hydrogen-bond acceptors (Lipinski definition) is 4. The molecule has 1 aromatic rings. The highest BCUT2D eigenvalue weighted by Crippen LogP contribution is 2.38. The fourth-order valence-electron chi connectivity index (χ4n) is 2.09. The first-order chi connectivity index (χ1) is 9.72. The van der Waals surface area contributed by atoms with Gasteiger partial charge in [-0.2, -0.15) is 0 Å². The van der Waals surface area contributed by atoms with Gasteiger partial charge in [-0.1, -0.05) is 0 Å². The molecule has 108 valence electrons.